The van der Waals surface area contributed by atoms with E-state index in [0.29, 0.717) is 5.41 Å². The summed E-state index contributed by atoms with van der Waals surface area (Å²) in [5, 5.41) is 3.47. The van der Waals surface area contributed by atoms with Crippen molar-refractivity contribution in [3.05, 3.63) is 17.6 Å². The molecule has 0 unspecified atom stereocenters. The summed E-state index contributed by atoms with van der Waals surface area (Å²) in [6.07, 6.45) is 5.37. The Bertz CT molecular complexity index is 344. The Labute approximate surface area is 97.7 Å². The average molecular weight is 219 g/mol. The van der Waals surface area contributed by atoms with Crippen LogP contribution < -0.4 is 5.32 Å². The second-order valence-electron chi connectivity index (χ2n) is 5.00. The van der Waals surface area contributed by atoms with Crippen molar-refractivity contribution < 1.29 is 0 Å². The number of anilines is 1. The van der Waals surface area contributed by atoms with Crippen molar-refractivity contribution in [3.8, 4) is 0 Å². The third-order valence-corrected chi connectivity index (χ3v) is 3.77. The van der Waals surface area contributed by atoms with Crippen LogP contribution in [0.4, 0.5) is 5.82 Å². The third kappa shape index (κ3) is 2.34. The fourth-order valence-corrected chi connectivity index (χ4v) is 2.42. The number of nitrogens with one attached hydrogen (secondary N) is 1. The molecule has 0 atom stereocenters. The average Bonchev–Trinajstić information content (AvgIpc) is 2.15. The van der Waals surface area contributed by atoms with Gasteiger partial charge < -0.3 is 5.32 Å². The number of nitrogens with zero attached hydrogens (tertiary/aromatic N) is 2. The van der Waals surface area contributed by atoms with Gasteiger partial charge in [0.15, 0.2) is 0 Å². The van der Waals surface area contributed by atoms with E-state index in [4.69, 9.17) is 0 Å². The lowest BCUT2D eigenvalue weighted by Gasteiger charge is -2.41. The van der Waals surface area contributed by atoms with E-state index in [1.807, 2.05) is 19.9 Å². The summed E-state index contributed by atoms with van der Waals surface area (Å²) < 4.78 is 0. The van der Waals surface area contributed by atoms with Gasteiger partial charge in [0.25, 0.3) is 0 Å². The van der Waals surface area contributed by atoms with Crippen molar-refractivity contribution in [2.24, 2.45) is 5.41 Å². The molecule has 0 saturated heterocycles. The molecule has 0 aliphatic heterocycles. The van der Waals surface area contributed by atoms with E-state index < -0.39 is 0 Å². The zero-order chi connectivity index (χ0) is 11.6. The van der Waals surface area contributed by atoms with Crippen molar-refractivity contribution in [3.63, 3.8) is 0 Å². The SMILES string of the molecule is CCC1(CNc2cc(C)nc(C)n2)CCC1. The maximum atomic E-state index is 4.41. The van der Waals surface area contributed by atoms with E-state index in [0.717, 1.165) is 23.9 Å². The van der Waals surface area contributed by atoms with Crippen LogP contribution in [0.15, 0.2) is 6.07 Å². The monoisotopic (exact) mass is 219 g/mol. The van der Waals surface area contributed by atoms with Gasteiger partial charge in [-0.15, -0.1) is 0 Å². The fraction of sp³-hybridized carbons (Fsp3) is 0.692. The molecular weight excluding hydrogens is 198 g/mol. The van der Waals surface area contributed by atoms with Crippen molar-refractivity contribution in [1.29, 1.82) is 0 Å². The molecule has 1 aliphatic rings. The first-order valence-corrected chi connectivity index (χ1v) is 6.20. The van der Waals surface area contributed by atoms with E-state index in [1.54, 1.807) is 0 Å². The van der Waals surface area contributed by atoms with Crippen LogP contribution in [0.25, 0.3) is 0 Å². The first kappa shape index (κ1) is 11.4. The number of hydrogen-bond donors (Lipinski definition) is 1. The molecule has 0 radical (unpaired) electrons. The van der Waals surface area contributed by atoms with Gasteiger partial charge in [0.1, 0.15) is 11.6 Å². The van der Waals surface area contributed by atoms with E-state index in [1.165, 1.54) is 25.7 Å². The molecule has 0 bridgehead atoms. The molecule has 1 aromatic rings. The molecular formula is C13H21N3. The van der Waals surface area contributed by atoms with Crippen LogP contribution in [0, 0.1) is 19.3 Å². The molecule has 0 amide bonds. The van der Waals surface area contributed by atoms with Crippen molar-refractivity contribution in [2.45, 2.75) is 46.5 Å². The van der Waals surface area contributed by atoms with Gasteiger partial charge in [-0.3, -0.25) is 0 Å². The Morgan fingerprint density at radius 3 is 2.56 bits per heavy atom. The molecule has 1 N–H and O–H groups in total. The first-order chi connectivity index (χ1) is 7.63. The fourth-order valence-electron chi connectivity index (χ4n) is 2.42. The Morgan fingerprint density at radius 2 is 2.06 bits per heavy atom. The largest absolute Gasteiger partial charge is 0.369 e. The Hall–Kier alpha value is -1.12. The molecule has 2 rings (SSSR count). The van der Waals surface area contributed by atoms with Gasteiger partial charge in [0, 0.05) is 18.3 Å². The van der Waals surface area contributed by atoms with Gasteiger partial charge in [-0.1, -0.05) is 13.3 Å². The molecule has 1 aliphatic carbocycles. The van der Waals surface area contributed by atoms with Gasteiger partial charge in [0.05, 0.1) is 0 Å². The van der Waals surface area contributed by atoms with Gasteiger partial charge in [-0.05, 0) is 38.5 Å². The highest BCUT2D eigenvalue weighted by Crippen LogP contribution is 2.43. The minimum atomic E-state index is 0.534. The molecule has 1 heterocycles. The highest BCUT2D eigenvalue weighted by atomic mass is 15.0. The van der Waals surface area contributed by atoms with E-state index >= 15 is 0 Å². The van der Waals surface area contributed by atoms with Crippen LogP contribution in [0.2, 0.25) is 0 Å². The lowest BCUT2D eigenvalue weighted by Crippen LogP contribution is -2.36. The molecule has 1 fully saturated rings. The molecule has 1 aromatic heterocycles. The van der Waals surface area contributed by atoms with Crippen LogP contribution in [0.3, 0.4) is 0 Å². The smallest absolute Gasteiger partial charge is 0.129 e. The van der Waals surface area contributed by atoms with Gasteiger partial charge in [0.2, 0.25) is 0 Å². The van der Waals surface area contributed by atoms with E-state index in [-0.39, 0.29) is 0 Å². The Kier molecular flexibility index (Phi) is 3.13. The maximum Gasteiger partial charge on any atom is 0.129 e. The number of aryl methyl sites for hydroxylation is 2. The Morgan fingerprint density at radius 1 is 1.31 bits per heavy atom. The topological polar surface area (TPSA) is 37.8 Å². The van der Waals surface area contributed by atoms with E-state index in [9.17, 15) is 0 Å². The molecule has 0 aromatic carbocycles. The zero-order valence-corrected chi connectivity index (χ0v) is 10.5. The molecule has 1 saturated carbocycles. The minimum absolute atomic E-state index is 0.534. The molecule has 3 nitrogen and oxygen atoms in total. The van der Waals surface area contributed by atoms with Crippen molar-refractivity contribution >= 4 is 5.82 Å². The molecule has 16 heavy (non-hydrogen) atoms. The number of aromatic nitrogens is 2. The van der Waals surface area contributed by atoms with E-state index in [2.05, 4.69) is 22.2 Å². The Balaban J connectivity index is 1.98. The maximum absolute atomic E-state index is 4.41. The van der Waals surface area contributed by atoms with Crippen LogP contribution in [0.5, 0.6) is 0 Å². The summed E-state index contributed by atoms with van der Waals surface area (Å²) in [5.74, 6) is 1.83. The predicted molar refractivity (Wildman–Crippen MR) is 66.6 cm³/mol. The van der Waals surface area contributed by atoms with Crippen LogP contribution in [-0.2, 0) is 0 Å². The number of hydrogen-bond acceptors (Lipinski definition) is 3. The summed E-state index contributed by atoms with van der Waals surface area (Å²) >= 11 is 0. The molecule has 0 spiro atoms. The first-order valence-electron chi connectivity index (χ1n) is 6.20. The summed E-state index contributed by atoms with van der Waals surface area (Å²) in [6, 6.07) is 2.02. The van der Waals surface area contributed by atoms with Crippen molar-refractivity contribution in [2.75, 3.05) is 11.9 Å². The zero-order valence-electron chi connectivity index (χ0n) is 10.5. The van der Waals surface area contributed by atoms with Gasteiger partial charge in [-0.2, -0.15) is 0 Å². The highest BCUT2D eigenvalue weighted by Gasteiger charge is 2.34. The predicted octanol–water partition coefficient (Wildman–Crippen LogP) is 3.09. The van der Waals surface area contributed by atoms with Crippen LogP contribution in [0.1, 0.15) is 44.1 Å². The molecule has 3 heteroatoms. The normalized spacial score (nSPS) is 17.9. The number of rotatable bonds is 4. The second kappa shape index (κ2) is 4.40. The summed E-state index contributed by atoms with van der Waals surface area (Å²) in [7, 11) is 0. The summed E-state index contributed by atoms with van der Waals surface area (Å²) in [4.78, 5) is 8.69. The summed E-state index contributed by atoms with van der Waals surface area (Å²) in [6.45, 7) is 7.30. The van der Waals surface area contributed by atoms with Crippen LogP contribution >= 0.6 is 0 Å². The third-order valence-electron chi connectivity index (χ3n) is 3.77. The lowest BCUT2D eigenvalue weighted by molar-refractivity contribution is 0.145. The standard InChI is InChI=1S/C13H21N3/c1-4-13(6-5-7-13)9-14-12-8-10(2)15-11(3)16-12/h8H,4-7,9H2,1-3H3,(H,14,15,16). The van der Waals surface area contributed by atoms with Crippen molar-refractivity contribution in [1.82, 2.24) is 9.97 Å². The summed E-state index contributed by atoms with van der Waals surface area (Å²) in [5.41, 5.74) is 1.57. The van der Waals surface area contributed by atoms with Gasteiger partial charge >= 0.3 is 0 Å². The quantitative estimate of drug-likeness (QED) is 0.845. The van der Waals surface area contributed by atoms with Crippen LogP contribution in [-0.4, -0.2) is 16.5 Å². The van der Waals surface area contributed by atoms with Gasteiger partial charge in [-0.25, -0.2) is 9.97 Å². The highest BCUT2D eigenvalue weighted by molar-refractivity contribution is 5.36. The lowest BCUT2D eigenvalue weighted by atomic mass is 9.67. The second-order valence-corrected chi connectivity index (χ2v) is 5.00. The minimum Gasteiger partial charge on any atom is -0.369 e. The molecule has 88 valence electrons.